The normalized spacial score (nSPS) is 15.0. The Hall–Kier alpha value is -4.77. The summed E-state index contributed by atoms with van der Waals surface area (Å²) in [6.45, 7) is -0.0863. The minimum Gasteiger partial charge on any atom is -0.444 e. The van der Waals surface area contributed by atoms with E-state index in [-0.39, 0.29) is 31.0 Å². The predicted molar refractivity (Wildman–Crippen MR) is 160 cm³/mol. The van der Waals surface area contributed by atoms with Crippen LogP contribution in [0.3, 0.4) is 0 Å². The van der Waals surface area contributed by atoms with Crippen LogP contribution in [0.1, 0.15) is 22.4 Å². The van der Waals surface area contributed by atoms with E-state index in [1.165, 1.54) is 28.4 Å². The van der Waals surface area contributed by atoms with Gasteiger partial charge in [0.15, 0.2) is 0 Å². The number of likely N-dealkylation sites (tertiary alicyclic amines) is 1. The van der Waals surface area contributed by atoms with Gasteiger partial charge < -0.3 is 15.4 Å². The highest BCUT2D eigenvalue weighted by atomic mass is 32.2. The van der Waals surface area contributed by atoms with E-state index in [2.05, 4.69) is 11.4 Å². The Kier molecular flexibility index (Phi) is 8.72. The molecule has 3 amide bonds. The number of carbonyl (C=O) groups excluding carboxylic acids is 3. The van der Waals surface area contributed by atoms with Crippen LogP contribution in [-0.2, 0) is 37.5 Å². The molecule has 0 spiro atoms. The second kappa shape index (κ2) is 12.6. The lowest BCUT2D eigenvalue weighted by molar-refractivity contribution is -0.131. The van der Waals surface area contributed by atoms with E-state index in [0.29, 0.717) is 21.3 Å². The number of nitrogens with zero attached hydrogens (tertiary/aromatic N) is 3. The summed E-state index contributed by atoms with van der Waals surface area (Å²) in [6.07, 6.45) is -0.497. The highest BCUT2D eigenvalue weighted by Crippen LogP contribution is 2.29. The number of primary amides is 1. The number of anilines is 1. The van der Waals surface area contributed by atoms with Crippen LogP contribution in [0.25, 0.3) is 10.8 Å². The Labute approximate surface area is 252 Å². The van der Waals surface area contributed by atoms with Gasteiger partial charge in [-0.3, -0.25) is 14.9 Å². The van der Waals surface area contributed by atoms with Gasteiger partial charge in [0.1, 0.15) is 23.6 Å². The zero-order valence-electron chi connectivity index (χ0n) is 22.8. The van der Waals surface area contributed by atoms with Crippen molar-refractivity contribution in [1.82, 2.24) is 9.21 Å². The van der Waals surface area contributed by atoms with Crippen molar-refractivity contribution in [1.29, 1.82) is 5.26 Å². The zero-order valence-corrected chi connectivity index (χ0v) is 24.4. The molecule has 1 saturated heterocycles. The Morgan fingerprint density at radius 1 is 1.07 bits per heavy atom. The van der Waals surface area contributed by atoms with Crippen molar-refractivity contribution < 1.29 is 27.5 Å². The Balaban J connectivity index is 1.35. The highest BCUT2D eigenvalue weighted by Gasteiger charge is 2.42. The van der Waals surface area contributed by atoms with Gasteiger partial charge >= 0.3 is 6.09 Å². The Morgan fingerprint density at radius 3 is 2.56 bits per heavy atom. The van der Waals surface area contributed by atoms with Crippen LogP contribution in [0.15, 0.2) is 83.1 Å². The van der Waals surface area contributed by atoms with E-state index < -0.39 is 40.5 Å². The number of carbonyl (C=O) groups is 3. The maximum Gasteiger partial charge on any atom is 0.411 e. The summed E-state index contributed by atoms with van der Waals surface area (Å²) in [5.74, 6) is -1.34. The number of nitrogens with one attached hydrogen (secondary N) is 1. The van der Waals surface area contributed by atoms with Gasteiger partial charge in [0, 0.05) is 18.8 Å². The monoisotopic (exact) mass is 617 g/mol. The first kappa shape index (κ1) is 29.7. The number of rotatable bonds is 10. The predicted octanol–water partition coefficient (Wildman–Crippen LogP) is 3.80. The van der Waals surface area contributed by atoms with Crippen LogP contribution >= 0.6 is 11.3 Å². The van der Waals surface area contributed by atoms with Crippen molar-refractivity contribution in [2.75, 3.05) is 18.4 Å². The molecule has 1 aliphatic heterocycles. The van der Waals surface area contributed by atoms with Crippen LogP contribution < -0.4 is 11.1 Å². The maximum absolute atomic E-state index is 13.9. The van der Waals surface area contributed by atoms with E-state index in [4.69, 9.17) is 15.7 Å². The largest absolute Gasteiger partial charge is 0.444 e. The average molecular weight is 618 g/mol. The van der Waals surface area contributed by atoms with Crippen molar-refractivity contribution in [2.24, 2.45) is 5.73 Å². The molecule has 5 rings (SSSR count). The van der Waals surface area contributed by atoms with Gasteiger partial charge in [0.05, 0.1) is 11.4 Å². The molecule has 43 heavy (non-hydrogen) atoms. The number of nitrogens with two attached hydrogens (primary N) is 1. The minimum absolute atomic E-state index is 0.0871. The third kappa shape index (κ3) is 6.83. The maximum atomic E-state index is 13.9. The third-order valence-electron chi connectivity index (χ3n) is 6.94. The molecule has 1 fully saturated rings. The van der Waals surface area contributed by atoms with Crippen molar-refractivity contribution in [3.05, 3.63) is 94.2 Å². The molecule has 220 valence electrons. The average Bonchev–Trinajstić information content (AvgIpc) is 3.61. The third-order valence-corrected chi connectivity index (χ3v) is 9.68. The minimum atomic E-state index is -4.34. The van der Waals surface area contributed by atoms with E-state index >= 15 is 0 Å². The summed E-state index contributed by atoms with van der Waals surface area (Å²) in [6, 6.07) is 21.3. The second-order valence-corrected chi connectivity index (χ2v) is 12.7. The van der Waals surface area contributed by atoms with E-state index in [1.54, 1.807) is 35.7 Å². The lowest BCUT2D eigenvalue weighted by Gasteiger charge is -2.26. The number of sulfonamides is 1. The first-order chi connectivity index (χ1) is 20.6. The quantitative estimate of drug-likeness (QED) is 0.273. The summed E-state index contributed by atoms with van der Waals surface area (Å²) in [5, 5.41) is 14.7. The fourth-order valence-corrected chi connectivity index (χ4v) is 7.18. The topological polar surface area (TPSA) is 163 Å². The lowest BCUT2D eigenvalue weighted by atomic mass is 10.1. The zero-order chi connectivity index (χ0) is 30.6. The van der Waals surface area contributed by atoms with Crippen molar-refractivity contribution >= 4 is 55.7 Å². The van der Waals surface area contributed by atoms with Gasteiger partial charge in [-0.1, -0.05) is 42.5 Å². The van der Waals surface area contributed by atoms with E-state index in [0.717, 1.165) is 15.4 Å². The molecular formula is C30H27N5O6S2. The van der Waals surface area contributed by atoms with Crippen molar-refractivity contribution in [3.8, 4) is 6.07 Å². The van der Waals surface area contributed by atoms with Crippen LogP contribution in [-0.4, -0.2) is 54.7 Å². The number of benzene rings is 3. The molecule has 0 radical (unpaired) electrons. The van der Waals surface area contributed by atoms with Gasteiger partial charge in [0.25, 0.3) is 0 Å². The molecule has 0 bridgehead atoms. The summed E-state index contributed by atoms with van der Waals surface area (Å²) in [7, 11) is -4.34. The number of hydrogen-bond acceptors (Lipinski definition) is 8. The van der Waals surface area contributed by atoms with Gasteiger partial charge in [-0.25, -0.2) is 13.2 Å². The molecular weight excluding hydrogens is 590 g/mol. The highest BCUT2D eigenvalue weighted by molar-refractivity contribution is 7.89. The van der Waals surface area contributed by atoms with Crippen LogP contribution in [0.4, 0.5) is 10.5 Å². The summed E-state index contributed by atoms with van der Waals surface area (Å²) >= 11 is 1.26. The summed E-state index contributed by atoms with van der Waals surface area (Å²) < 4.78 is 33.8. The molecule has 0 aliphatic carbocycles. The van der Waals surface area contributed by atoms with Crippen LogP contribution in [0.5, 0.6) is 0 Å². The van der Waals surface area contributed by atoms with E-state index in [9.17, 15) is 22.8 Å². The smallest absolute Gasteiger partial charge is 0.411 e. The second-order valence-electron chi connectivity index (χ2n) is 9.92. The molecule has 1 aliphatic rings. The lowest BCUT2D eigenvalue weighted by Crippen LogP contribution is -2.48. The molecule has 3 aromatic carbocycles. The Morgan fingerprint density at radius 2 is 1.84 bits per heavy atom. The first-order valence-electron chi connectivity index (χ1n) is 13.2. The van der Waals surface area contributed by atoms with Gasteiger partial charge in [-0.15, -0.1) is 11.3 Å². The molecule has 0 unspecified atom stereocenters. The summed E-state index contributed by atoms with van der Waals surface area (Å²) in [5.41, 5.74) is 7.41. The molecule has 11 nitrogen and oxygen atoms in total. The molecule has 3 N–H and O–H groups in total. The number of nitriles is 1. The number of hydrogen-bond donors (Lipinski definition) is 2. The van der Waals surface area contributed by atoms with Crippen molar-refractivity contribution in [3.63, 3.8) is 0 Å². The number of fused-ring (bicyclic) bond motifs is 1. The first-order valence-corrected chi connectivity index (χ1v) is 15.5. The van der Waals surface area contributed by atoms with Crippen LogP contribution in [0, 0.1) is 11.3 Å². The van der Waals surface area contributed by atoms with Gasteiger partial charge in [-0.05, 0) is 64.0 Å². The fraction of sp³-hybridized carbons (Fsp3) is 0.200. The molecule has 1 aromatic heterocycles. The summed E-state index contributed by atoms with van der Waals surface area (Å²) in [4.78, 5) is 39.5. The molecule has 1 atom stereocenters. The van der Waals surface area contributed by atoms with Crippen LogP contribution in [0.2, 0.25) is 0 Å². The molecule has 0 saturated carbocycles. The molecule has 4 aromatic rings. The Bertz CT molecular complexity index is 1830. The standard InChI is InChI=1S/C30H27N5O6S2/c31-15-25-12-21(19-42-25)16-34-11-10-27(29(34)37)35(17-28(32)36)43(39,40)26-9-7-22-6-8-24(13-23(22)14-26)33-30(38)41-18-20-4-2-1-3-5-20/h1-9,12-14,19,27H,10-11,16-18H2,(H2,32,36)(H,33,38)/t27-/m0/s1. The van der Waals surface area contributed by atoms with Crippen molar-refractivity contribution in [2.45, 2.75) is 30.5 Å². The van der Waals surface area contributed by atoms with Gasteiger partial charge in [0.2, 0.25) is 21.8 Å². The number of ether oxygens (including phenoxy) is 1. The molecule has 13 heteroatoms. The fourth-order valence-electron chi connectivity index (χ4n) is 4.88. The molecule has 2 heterocycles. The SMILES string of the molecule is N#Cc1cc(CN2CC[C@H](N(CC(N)=O)S(=O)(=O)c3ccc4ccc(NC(=O)OCc5ccccc5)cc4c3)C2=O)cs1. The van der Waals surface area contributed by atoms with Gasteiger partial charge in [-0.2, -0.15) is 9.57 Å². The number of thiophene rings is 1. The van der Waals surface area contributed by atoms with E-state index in [1.807, 2.05) is 30.3 Å². The number of amides is 3.